The van der Waals surface area contributed by atoms with Crippen molar-refractivity contribution in [2.24, 2.45) is 0 Å². The molecule has 238 valence electrons. The Labute approximate surface area is 294 Å². The maximum atomic E-state index is 5.32. The van der Waals surface area contributed by atoms with Crippen LogP contribution in [-0.4, -0.2) is 15.0 Å². The Morgan fingerprint density at radius 1 is 0.392 bits per heavy atom. The Balaban J connectivity index is 1.16. The lowest BCUT2D eigenvalue weighted by molar-refractivity contribution is 1.28. The van der Waals surface area contributed by atoms with Crippen LogP contribution in [0.4, 0.5) is 17.1 Å². The summed E-state index contributed by atoms with van der Waals surface area (Å²) in [5.41, 5.74) is 10.4. The Bertz CT molecular complexity index is 2880. The van der Waals surface area contributed by atoms with Crippen LogP contribution in [0.25, 0.3) is 76.6 Å². The first kappa shape index (κ1) is 29.0. The molecule has 51 heavy (non-hydrogen) atoms. The maximum Gasteiger partial charge on any atom is 0.0970 e. The van der Waals surface area contributed by atoms with Crippen LogP contribution in [0.2, 0.25) is 0 Å². The highest BCUT2D eigenvalue weighted by molar-refractivity contribution is 6.23. The minimum absolute atomic E-state index is 0.922. The number of aromatic nitrogens is 3. The highest BCUT2D eigenvalue weighted by atomic mass is 15.1. The van der Waals surface area contributed by atoms with Gasteiger partial charge in [-0.15, -0.1) is 0 Å². The molecule has 0 saturated carbocycles. The van der Waals surface area contributed by atoms with E-state index in [1.807, 2.05) is 18.5 Å². The number of hydrogen-bond acceptors (Lipinski definition) is 4. The first-order chi connectivity index (χ1) is 25.3. The Hall–Kier alpha value is -6.91. The van der Waals surface area contributed by atoms with Gasteiger partial charge in [-0.2, -0.15) is 0 Å². The van der Waals surface area contributed by atoms with Crippen molar-refractivity contribution in [2.45, 2.75) is 0 Å². The summed E-state index contributed by atoms with van der Waals surface area (Å²) >= 11 is 0. The number of hydrogen-bond donors (Lipinski definition) is 0. The average molecular weight is 651 g/mol. The van der Waals surface area contributed by atoms with Crippen molar-refractivity contribution in [3.63, 3.8) is 0 Å². The van der Waals surface area contributed by atoms with Gasteiger partial charge in [0.2, 0.25) is 0 Å². The molecule has 0 spiro atoms. The van der Waals surface area contributed by atoms with Crippen LogP contribution >= 0.6 is 0 Å². The minimum Gasteiger partial charge on any atom is -0.310 e. The largest absolute Gasteiger partial charge is 0.310 e. The van der Waals surface area contributed by atoms with E-state index in [9.17, 15) is 0 Å². The molecule has 3 heterocycles. The molecule has 0 aliphatic rings. The quantitative estimate of drug-likeness (QED) is 0.174. The molecule has 4 heteroatoms. The van der Waals surface area contributed by atoms with Gasteiger partial charge in [-0.1, -0.05) is 109 Å². The predicted molar refractivity (Wildman–Crippen MR) is 213 cm³/mol. The monoisotopic (exact) mass is 650 g/mol. The molecule has 0 aliphatic heterocycles. The fourth-order valence-corrected chi connectivity index (χ4v) is 7.57. The lowest BCUT2D eigenvalue weighted by Crippen LogP contribution is -2.09. The molecule has 0 radical (unpaired) electrons. The molecule has 0 saturated heterocycles. The molecule has 0 bridgehead atoms. The van der Waals surface area contributed by atoms with Crippen LogP contribution in [0.3, 0.4) is 0 Å². The average Bonchev–Trinajstić information content (AvgIpc) is 3.21. The standard InChI is InChI=1S/C47H30N4/c1-3-13-35(14-4-1)51(36-15-5-2-6-16-36)37-17-9-11-34(30-37)45-42-25-22-33-29-32(21-23-39(33)44(42)41-18-7-8-19-43(41)50-45)38-26-28-49-47-40(38)24-20-31-12-10-27-48-46(31)47/h1-30H. The molecule has 0 fully saturated rings. The van der Waals surface area contributed by atoms with E-state index >= 15 is 0 Å². The number of pyridine rings is 3. The second kappa shape index (κ2) is 11.9. The number of fused-ring (bicyclic) bond motifs is 8. The molecule has 7 aromatic carbocycles. The van der Waals surface area contributed by atoms with Crippen molar-refractivity contribution in [3.05, 3.63) is 182 Å². The van der Waals surface area contributed by atoms with Crippen LogP contribution in [-0.2, 0) is 0 Å². The number of rotatable bonds is 5. The van der Waals surface area contributed by atoms with E-state index < -0.39 is 0 Å². The molecule has 0 N–H and O–H groups in total. The lowest BCUT2D eigenvalue weighted by atomic mass is 9.92. The van der Waals surface area contributed by atoms with E-state index in [0.717, 1.165) is 77.5 Å². The van der Waals surface area contributed by atoms with Gasteiger partial charge in [0.05, 0.1) is 22.2 Å². The third-order valence-corrected chi connectivity index (χ3v) is 9.88. The second-order valence-corrected chi connectivity index (χ2v) is 12.9. The Morgan fingerprint density at radius 3 is 1.94 bits per heavy atom. The third kappa shape index (κ3) is 4.88. The number of nitrogens with zero attached hydrogens (tertiary/aromatic N) is 4. The first-order valence-electron chi connectivity index (χ1n) is 17.2. The van der Waals surface area contributed by atoms with E-state index in [1.54, 1.807) is 0 Å². The molecule has 3 aromatic heterocycles. The van der Waals surface area contributed by atoms with E-state index in [1.165, 1.54) is 16.2 Å². The Kier molecular flexibility index (Phi) is 6.78. The molecule has 0 unspecified atom stereocenters. The van der Waals surface area contributed by atoms with Gasteiger partial charge in [-0.3, -0.25) is 9.97 Å². The second-order valence-electron chi connectivity index (χ2n) is 12.9. The van der Waals surface area contributed by atoms with Gasteiger partial charge in [0.15, 0.2) is 0 Å². The zero-order chi connectivity index (χ0) is 33.7. The lowest BCUT2D eigenvalue weighted by Gasteiger charge is -2.26. The third-order valence-electron chi connectivity index (χ3n) is 9.88. The molecule has 10 aromatic rings. The van der Waals surface area contributed by atoms with E-state index in [-0.39, 0.29) is 0 Å². The van der Waals surface area contributed by atoms with Gasteiger partial charge in [-0.05, 0) is 82.6 Å². The van der Waals surface area contributed by atoms with Crippen LogP contribution in [0, 0.1) is 0 Å². The number of para-hydroxylation sites is 3. The highest BCUT2D eigenvalue weighted by Crippen LogP contribution is 2.41. The molecule has 0 atom stereocenters. The zero-order valence-corrected chi connectivity index (χ0v) is 27.6. The van der Waals surface area contributed by atoms with Gasteiger partial charge in [0.25, 0.3) is 0 Å². The van der Waals surface area contributed by atoms with Gasteiger partial charge in [0, 0.05) is 62.0 Å². The highest BCUT2D eigenvalue weighted by Gasteiger charge is 2.17. The number of benzene rings is 7. The summed E-state index contributed by atoms with van der Waals surface area (Å²) in [4.78, 5) is 17.0. The van der Waals surface area contributed by atoms with Crippen molar-refractivity contribution >= 4 is 71.3 Å². The van der Waals surface area contributed by atoms with Gasteiger partial charge in [0.1, 0.15) is 0 Å². The van der Waals surface area contributed by atoms with E-state index in [2.05, 4.69) is 174 Å². The smallest absolute Gasteiger partial charge is 0.0970 e. The first-order valence-corrected chi connectivity index (χ1v) is 17.2. The molecule has 0 aliphatic carbocycles. The summed E-state index contributed by atoms with van der Waals surface area (Å²) in [5.74, 6) is 0. The summed E-state index contributed by atoms with van der Waals surface area (Å²) in [6, 6.07) is 60.1. The predicted octanol–water partition coefficient (Wildman–Crippen LogP) is 12.4. The number of anilines is 3. The molecular formula is C47H30N4. The van der Waals surface area contributed by atoms with Crippen molar-refractivity contribution in [1.82, 2.24) is 15.0 Å². The maximum absolute atomic E-state index is 5.32. The summed E-state index contributed by atoms with van der Waals surface area (Å²) in [7, 11) is 0. The van der Waals surface area contributed by atoms with E-state index in [4.69, 9.17) is 9.97 Å². The normalized spacial score (nSPS) is 11.5. The summed E-state index contributed by atoms with van der Waals surface area (Å²) < 4.78 is 0. The fourth-order valence-electron chi connectivity index (χ4n) is 7.57. The van der Waals surface area contributed by atoms with Crippen LogP contribution in [0.15, 0.2) is 182 Å². The Morgan fingerprint density at radius 2 is 1.10 bits per heavy atom. The van der Waals surface area contributed by atoms with Crippen LogP contribution < -0.4 is 4.90 Å². The summed E-state index contributed by atoms with van der Waals surface area (Å²) in [6.45, 7) is 0. The van der Waals surface area contributed by atoms with Crippen molar-refractivity contribution in [1.29, 1.82) is 0 Å². The molecular weight excluding hydrogens is 621 g/mol. The molecule has 4 nitrogen and oxygen atoms in total. The van der Waals surface area contributed by atoms with Crippen molar-refractivity contribution in [3.8, 4) is 22.4 Å². The van der Waals surface area contributed by atoms with Crippen LogP contribution in [0.1, 0.15) is 0 Å². The van der Waals surface area contributed by atoms with Crippen LogP contribution in [0.5, 0.6) is 0 Å². The van der Waals surface area contributed by atoms with E-state index in [0.29, 0.717) is 0 Å². The SMILES string of the molecule is c1ccc(N(c2ccccc2)c2cccc(-c3nc4ccccc4c4c3ccc3cc(-c5ccnc6c5ccc5cccnc56)ccc34)c2)cc1. The zero-order valence-electron chi connectivity index (χ0n) is 27.6. The molecule has 10 rings (SSSR count). The summed E-state index contributed by atoms with van der Waals surface area (Å²) in [5, 5.41) is 8.06. The van der Waals surface area contributed by atoms with Gasteiger partial charge in [-0.25, -0.2) is 4.98 Å². The van der Waals surface area contributed by atoms with Crippen molar-refractivity contribution < 1.29 is 0 Å². The van der Waals surface area contributed by atoms with Gasteiger partial charge < -0.3 is 4.90 Å². The minimum atomic E-state index is 0.922. The van der Waals surface area contributed by atoms with Crippen molar-refractivity contribution in [2.75, 3.05) is 4.90 Å². The summed E-state index contributed by atoms with van der Waals surface area (Å²) in [6.07, 6.45) is 3.73. The topological polar surface area (TPSA) is 41.9 Å². The van der Waals surface area contributed by atoms with Gasteiger partial charge >= 0.3 is 0 Å². The fraction of sp³-hybridized carbons (Fsp3) is 0. The molecule has 0 amide bonds.